The van der Waals surface area contributed by atoms with Crippen LogP contribution in [0.5, 0.6) is 0 Å². The quantitative estimate of drug-likeness (QED) is 0.294. The first-order valence-electron chi connectivity index (χ1n) is 14.3. The summed E-state index contributed by atoms with van der Waals surface area (Å²) in [6.07, 6.45) is 1.76. The van der Waals surface area contributed by atoms with Crippen molar-refractivity contribution in [1.82, 2.24) is 20.3 Å². The molecule has 1 aromatic rings. The topological polar surface area (TPSA) is 149 Å². The van der Waals surface area contributed by atoms with E-state index in [2.05, 4.69) is 21.3 Å². The SMILES string of the molecule is CC(=O)NCCNC(=O)CNc1ccc(/C=C/S(=O)(=O)N2CCC3(CC2)N=C(C2CCCCC2)NC3=O)c(C(F)(F)F)c1. The second kappa shape index (κ2) is 13.5. The molecule has 1 aliphatic carbocycles. The summed E-state index contributed by atoms with van der Waals surface area (Å²) in [7, 11) is -4.08. The van der Waals surface area contributed by atoms with Crippen LogP contribution in [-0.2, 0) is 30.6 Å². The Balaban J connectivity index is 1.38. The van der Waals surface area contributed by atoms with Gasteiger partial charge in [-0.15, -0.1) is 0 Å². The summed E-state index contributed by atoms with van der Waals surface area (Å²) in [6.45, 7) is 1.43. The van der Waals surface area contributed by atoms with Gasteiger partial charge >= 0.3 is 6.18 Å². The van der Waals surface area contributed by atoms with Gasteiger partial charge in [0.05, 0.1) is 12.1 Å². The number of amidine groups is 1. The van der Waals surface area contributed by atoms with Crippen molar-refractivity contribution in [3.05, 3.63) is 34.7 Å². The molecule has 2 fully saturated rings. The highest BCUT2D eigenvalue weighted by atomic mass is 32.2. The lowest BCUT2D eigenvalue weighted by Crippen LogP contribution is -2.50. The molecule has 43 heavy (non-hydrogen) atoms. The van der Waals surface area contributed by atoms with Crippen molar-refractivity contribution in [3.8, 4) is 0 Å². The number of nitrogens with one attached hydrogen (secondary N) is 4. The lowest BCUT2D eigenvalue weighted by molar-refractivity contribution is -0.137. The molecule has 236 valence electrons. The van der Waals surface area contributed by atoms with Crippen molar-refractivity contribution in [2.24, 2.45) is 10.9 Å². The molecule has 0 bridgehead atoms. The average molecular weight is 627 g/mol. The number of piperidine rings is 1. The van der Waals surface area contributed by atoms with Gasteiger partial charge in [0.2, 0.25) is 21.8 Å². The Bertz CT molecular complexity index is 1380. The molecule has 15 heteroatoms. The molecule has 1 aromatic carbocycles. The first-order valence-corrected chi connectivity index (χ1v) is 15.9. The van der Waals surface area contributed by atoms with Crippen molar-refractivity contribution in [2.45, 2.75) is 63.6 Å². The molecule has 2 heterocycles. The van der Waals surface area contributed by atoms with Gasteiger partial charge in [0.1, 0.15) is 11.4 Å². The summed E-state index contributed by atoms with van der Waals surface area (Å²) in [6, 6.07) is 3.25. The Morgan fingerprint density at radius 1 is 1.12 bits per heavy atom. The number of benzene rings is 1. The number of carbonyl (C=O) groups is 3. The first-order chi connectivity index (χ1) is 20.3. The van der Waals surface area contributed by atoms with Gasteiger partial charge in [-0.1, -0.05) is 25.3 Å². The zero-order chi connectivity index (χ0) is 31.3. The maximum atomic E-state index is 13.9. The number of anilines is 1. The fraction of sp³-hybridized carbons (Fsp3) is 0.571. The largest absolute Gasteiger partial charge is 0.417 e. The van der Waals surface area contributed by atoms with Gasteiger partial charge in [0.15, 0.2) is 0 Å². The highest BCUT2D eigenvalue weighted by Gasteiger charge is 2.48. The van der Waals surface area contributed by atoms with Gasteiger partial charge in [-0.3, -0.25) is 19.4 Å². The van der Waals surface area contributed by atoms with Crippen LogP contribution in [0.4, 0.5) is 18.9 Å². The highest BCUT2D eigenvalue weighted by molar-refractivity contribution is 7.92. The van der Waals surface area contributed by atoms with E-state index >= 15 is 0 Å². The zero-order valence-corrected chi connectivity index (χ0v) is 24.7. The van der Waals surface area contributed by atoms with Crippen LogP contribution in [0.3, 0.4) is 0 Å². The molecule has 0 radical (unpaired) electrons. The van der Waals surface area contributed by atoms with Crippen LogP contribution in [0.25, 0.3) is 6.08 Å². The number of sulfonamides is 1. The molecule has 3 amide bonds. The number of carbonyl (C=O) groups excluding carboxylic acids is 3. The van der Waals surface area contributed by atoms with Crippen molar-refractivity contribution in [3.63, 3.8) is 0 Å². The van der Waals surface area contributed by atoms with Crippen molar-refractivity contribution in [1.29, 1.82) is 0 Å². The molecule has 0 atom stereocenters. The third kappa shape index (κ3) is 8.34. The number of alkyl halides is 3. The van der Waals surface area contributed by atoms with Crippen LogP contribution in [0.15, 0.2) is 28.6 Å². The monoisotopic (exact) mass is 626 g/mol. The molecule has 4 N–H and O–H groups in total. The number of amides is 3. The van der Waals surface area contributed by atoms with E-state index in [1.807, 2.05) is 0 Å². The minimum Gasteiger partial charge on any atom is -0.376 e. The van der Waals surface area contributed by atoms with Crippen LogP contribution < -0.4 is 21.3 Å². The maximum Gasteiger partial charge on any atom is 0.417 e. The predicted octanol–water partition coefficient (Wildman–Crippen LogP) is 2.61. The minimum absolute atomic E-state index is 0.0173. The van der Waals surface area contributed by atoms with Crippen LogP contribution in [0.2, 0.25) is 0 Å². The van der Waals surface area contributed by atoms with E-state index in [1.165, 1.54) is 13.0 Å². The van der Waals surface area contributed by atoms with Gasteiger partial charge in [-0.05, 0) is 49.5 Å². The summed E-state index contributed by atoms with van der Waals surface area (Å²) >= 11 is 0. The molecular formula is C28H37F3N6O5S. The summed E-state index contributed by atoms with van der Waals surface area (Å²) in [4.78, 5) is 40.4. The number of aliphatic imine (C=N–C) groups is 1. The third-order valence-corrected chi connectivity index (χ3v) is 9.52. The summed E-state index contributed by atoms with van der Waals surface area (Å²) in [5, 5.41) is 11.3. The first kappa shape index (κ1) is 32.5. The van der Waals surface area contributed by atoms with Crippen LogP contribution in [0.1, 0.15) is 63.0 Å². The average Bonchev–Trinajstić information content (AvgIpc) is 3.28. The summed E-state index contributed by atoms with van der Waals surface area (Å²) in [5.74, 6) is -0.0464. The number of rotatable bonds is 10. The second-order valence-corrected chi connectivity index (χ2v) is 12.9. The molecule has 1 saturated heterocycles. The van der Waals surface area contributed by atoms with E-state index in [-0.39, 0.29) is 74.5 Å². The predicted molar refractivity (Wildman–Crippen MR) is 155 cm³/mol. The Kier molecular flexibility index (Phi) is 10.2. The molecule has 11 nitrogen and oxygen atoms in total. The van der Waals surface area contributed by atoms with E-state index in [0.29, 0.717) is 5.84 Å². The fourth-order valence-electron chi connectivity index (χ4n) is 5.55. The molecular weight excluding hydrogens is 589 g/mol. The second-order valence-electron chi connectivity index (χ2n) is 11.1. The maximum absolute atomic E-state index is 13.9. The van der Waals surface area contributed by atoms with Crippen molar-refractivity contribution < 1.29 is 36.0 Å². The number of hydrogen-bond acceptors (Lipinski definition) is 7. The van der Waals surface area contributed by atoms with Crippen molar-refractivity contribution in [2.75, 3.05) is 38.0 Å². The van der Waals surface area contributed by atoms with Crippen LogP contribution >= 0.6 is 0 Å². The van der Waals surface area contributed by atoms with E-state index in [1.54, 1.807) is 0 Å². The Hall–Kier alpha value is -3.46. The lowest BCUT2D eigenvalue weighted by Gasteiger charge is -2.34. The normalized spacial score (nSPS) is 19.7. The molecule has 1 saturated carbocycles. The minimum atomic E-state index is -4.79. The van der Waals surface area contributed by atoms with Gasteiger partial charge < -0.3 is 21.3 Å². The number of halogens is 3. The van der Waals surface area contributed by atoms with Gasteiger partial charge in [0, 0.05) is 50.1 Å². The van der Waals surface area contributed by atoms with E-state index in [0.717, 1.165) is 60.0 Å². The van der Waals surface area contributed by atoms with Gasteiger partial charge in [0.25, 0.3) is 5.91 Å². The molecule has 0 aromatic heterocycles. The molecule has 1 spiro atoms. The van der Waals surface area contributed by atoms with E-state index in [4.69, 9.17) is 4.99 Å². The van der Waals surface area contributed by atoms with Crippen molar-refractivity contribution >= 4 is 45.3 Å². The van der Waals surface area contributed by atoms with Gasteiger partial charge in [-0.2, -0.15) is 17.5 Å². The van der Waals surface area contributed by atoms with Crippen LogP contribution in [-0.4, -0.2) is 74.5 Å². The smallest absolute Gasteiger partial charge is 0.376 e. The van der Waals surface area contributed by atoms with Gasteiger partial charge in [-0.25, -0.2) is 8.42 Å². The summed E-state index contributed by atoms with van der Waals surface area (Å²) in [5.41, 5.74) is -2.41. The van der Waals surface area contributed by atoms with Crippen LogP contribution in [0, 0.1) is 5.92 Å². The number of nitrogens with zero attached hydrogens (tertiary/aromatic N) is 2. The Morgan fingerprint density at radius 2 is 1.79 bits per heavy atom. The number of hydrogen-bond donors (Lipinski definition) is 4. The molecule has 2 aliphatic heterocycles. The van der Waals surface area contributed by atoms with E-state index in [9.17, 15) is 36.0 Å². The standard InChI is InChI=1S/C28H37F3N6O5S/c1-19(38)32-12-13-33-24(39)18-34-22-8-7-20(23(17-22)28(29,30)31)9-16-43(41,42)37-14-10-27(11-15-37)26(40)35-25(36-27)21-5-3-2-4-6-21/h7-9,16-17,21,34H,2-6,10-15,18H2,1H3,(H,32,38)(H,33,39)(H,35,36,40)/b16-9+. The molecule has 0 unspecified atom stereocenters. The third-order valence-electron chi connectivity index (χ3n) is 7.95. The summed E-state index contributed by atoms with van der Waals surface area (Å²) < 4.78 is 68.8. The van der Waals surface area contributed by atoms with E-state index < -0.39 is 33.2 Å². The highest BCUT2D eigenvalue weighted by Crippen LogP contribution is 2.36. The molecule has 4 rings (SSSR count). The lowest BCUT2D eigenvalue weighted by atomic mass is 9.88. The molecule has 3 aliphatic rings. The Morgan fingerprint density at radius 3 is 2.44 bits per heavy atom. The zero-order valence-electron chi connectivity index (χ0n) is 23.9. The fourth-order valence-corrected chi connectivity index (χ4v) is 6.73. The Labute approximate surface area is 248 Å².